The van der Waals surface area contributed by atoms with Gasteiger partial charge in [-0.2, -0.15) is 0 Å². The van der Waals surface area contributed by atoms with Crippen molar-refractivity contribution in [1.82, 2.24) is 20.6 Å². The first kappa shape index (κ1) is 24.2. The maximum Gasteiger partial charge on any atom is 0.326 e. The molecule has 0 bridgehead atoms. The van der Waals surface area contributed by atoms with Crippen LogP contribution in [0.15, 0.2) is 40.8 Å². The lowest BCUT2D eigenvalue weighted by Crippen LogP contribution is -2.43. The summed E-state index contributed by atoms with van der Waals surface area (Å²) in [6, 6.07) is 9.87. The SMILES string of the molecule is O=C(CCCCc1ccc2c(n1)NCCC2)NCC[C@H](NC(=O)c1nc2ccccc2o1)C(=O)O. The largest absolute Gasteiger partial charge is 0.480 e. The Morgan fingerprint density at radius 3 is 2.80 bits per heavy atom. The second-order valence-corrected chi connectivity index (χ2v) is 8.54. The number of nitrogens with zero attached hydrogens (tertiary/aromatic N) is 2. The fraction of sp³-hybridized carbons (Fsp3) is 0.400. The molecule has 0 unspecified atom stereocenters. The van der Waals surface area contributed by atoms with Gasteiger partial charge >= 0.3 is 11.9 Å². The summed E-state index contributed by atoms with van der Waals surface area (Å²) >= 11 is 0. The number of nitrogens with one attached hydrogen (secondary N) is 3. The minimum absolute atomic E-state index is 0.0408. The van der Waals surface area contributed by atoms with E-state index < -0.39 is 17.9 Å². The number of pyridine rings is 1. The highest BCUT2D eigenvalue weighted by Crippen LogP contribution is 2.20. The van der Waals surface area contributed by atoms with Crippen molar-refractivity contribution in [1.29, 1.82) is 0 Å². The second kappa shape index (κ2) is 11.5. The van der Waals surface area contributed by atoms with Crippen LogP contribution in [0.25, 0.3) is 11.1 Å². The monoisotopic (exact) mass is 479 g/mol. The first-order valence-electron chi connectivity index (χ1n) is 11.9. The smallest absolute Gasteiger partial charge is 0.326 e. The molecule has 10 heteroatoms. The average molecular weight is 480 g/mol. The van der Waals surface area contributed by atoms with Gasteiger partial charge in [-0.1, -0.05) is 18.2 Å². The molecular weight excluding hydrogens is 450 g/mol. The van der Waals surface area contributed by atoms with Crippen LogP contribution in [0.2, 0.25) is 0 Å². The molecule has 10 nitrogen and oxygen atoms in total. The van der Waals surface area contributed by atoms with Gasteiger partial charge in [0, 0.05) is 25.2 Å². The number of aromatic nitrogens is 2. The predicted molar refractivity (Wildman–Crippen MR) is 129 cm³/mol. The van der Waals surface area contributed by atoms with Crippen LogP contribution in [0.1, 0.15) is 54.0 Å². The topological polar surface area (TPSA) is 146 Å². The third-order valence-electron chi connectivity index (χ3n) is 5.89. The summed E-state index contributed by atoms with van der Waals surface area (Å²) in [6.07, 6.45) is 4.90. The third kappa shape index (κ3) is 6.56. The number of aryl methyl sites for hydroxylation is 2. The highest BCUT2D eigenvalue weighted by atomic mass is 16.4. The number of fused-ring (bicyclic) bond motifs is 2. The number of hydrogen-bond acceptors (Lipinski definition) is 7. The molecule has 0 aliphatic carbocycles. The molecule has 1 aromatic carbocycles. The number of oxazole rings is 1. The van der Waals surface area contributed by atoms with Gasteiger partial charge in [0.05, 0.1) is 0 Å². The van der Waals surface area contributed by atoms with Crippen LogP contribution in [0.5, 0.6) is 0 Å². The van der Waals surface area contributed by atoms with E-state index in [1.165, 1.54) is 5.56 Å². The molecule has 35 heavy (non-hydrogen) atoms. The first-order chi connectivity index (χ1) is 17.0. The number of carbonyl (C=O) groups excluding carboxylic acids is 2. The Bertz CT molecular complexity index is 1170. The number of carboxylic acids is 1. The van der Waals surface area contributed by atoms with Crippen LogP contribution in [0.4, 0.5) is 5.82 Å². The molecule has 3 heterocycles. The number of aliphatic carboxylic acids is 1. The van der Waals surface area contributed by atoms with Crippen LogP contribution < -0.4 is 16.0 Å². The number of amides is 2. The Morgan fingerprint density at radius 1 is 1.11 bits per heavy atom. The summed E-state index contributed by atoms with van der Waals surface area (Å²) in [5.74, 6) is -1.30. The zero-order valence-electron chi connectivity index (χ0n) is 19.4. The molecule has 4 N–H and O–H groups in total. The lowest BCUT2D eigenvalue weighted by molar-refractivity contribution is -0.139. The van der Waals surface area contributed by atoms with E-state index in [1.54, 1.807) is 24.3 Å². The van der Waals surface area contributed by atoms with E-state index in [9.17, 15) is 19.5 Å². The highest BCUT2D eigenvalue weighted by molar-refractivity contribution is 5.94. The Labute approximate surface area is 202 Å². The van der Waals surface area contributed by atoms with Gasteiger partial charge in [-0.05, 0) is 62.3 Å². The van der Waals surface area contributed by atoms with E-state index in [2.05, 4.69) is 32.0 Å². The van der Waals surface area contributed by atoms with E-state index in [4.69, 9.17) is 4.42 Å². The lowest BCUT2D eigenvalue weighted by Gasteiger charge is -2.17. The number of carboxylic acid groups (broad SMARTS) is 1. The molecule has 0 spiro atoms. The van der Waals surface area contributed by atoms with Crippen molar-refractivity contribution in [3.63, 3.8) is 0 Å². The quantitative estimate of drug-likeness (QED) is 0.307. The Kier molecular flexibility index (Phi) is 7.92. The fourth-order valence-corrected chi connectivity index (χ4v) is 3.99. The van der Waals surface area contributed by atoms with Gasteiger partial charge in [-0.3, -0.25) is 9.59 Å². The van der Waals surface area contributed by atoms with Gasteiger partial charge in [-0.15, -0.1) is 0 Å². The average Bonchev–Trinajstić information content (AvgIpc) is 3.30. The molecular formula is C25H29N5O5. The summed E-state index contributed by atoms with van der Waals surface area (Å²) in [6.45, 7) is 1.08. The number of hydrogen-bond donors (Lipinski definition) is 4. The van der Waals surface area contributed by atoms with Crippen LogP contribution in [-0.4, -0.2) is 52.0 Å². The van der Waals surface area contributed by atoms with Crippen molar-refractivity contribution in [2.24, 2.45) is 0 Å². The van der Waals surface area contributed by atoms with Gasteiger partial charge in [0.1, 0.15) is 17.4 Å². The molecule has 2 amide bonds. The fourth-order valence-electron chi connectivity index (χ4n) is 3.99. The molecule has 0 radical (unpaired) electrons. The van der Waals surface area contributed by atoms with E-state index >= 15 is 0 Å². The molecule has 184 valence electrons. The van der Waals surface area contributed by atoms with Gasteiger partial charge in [-0.25, -0.2) is 14.8 Å². The number of benzene rings is 1. The van der Waals surface area contributed by atoms with Crippen molar-refractivity contribution in [3.8, 4) is 0 Å². The summed E-state index contributed by atoms with van der Waals surface area (Å²) in [5.41, 5.74) is 3.22. The Balaban J connectivity index is 1.16. The minimum atomic E-state index is -1.20. The molecule has 1 aliphatic rings. The molecule has 2 aromatic heterocycles. The summed E-state index contributed by atoms with van der Waals surface area (Å²) in [4.78, 5) is 44.8. The van der Waals surface area contributed by atoms with Gasteiger partial charge in [0.25, 0.3) is 5.89 Å². The number of rotatable bonds is 11. The Hall–Kier alpha value is -3.95. The van der Waals surface area contributed by atoms with Crippen molar-refractivity contribution >= 4 is 34.7 Å². The zero-order chi connectivity index (χ0) is 24.6. The van der Waals surface area contributed by atoms with Crippen LogP contribution in [0, 0.1) is 0 Å². The lowest BCUT2D eigenvalue weighted by atomic mass is 10.1. The molecule has 1 atom stereocenters. The van der Waals surface area contributed by atoms with E-state index in [-0.39, 0.29) is 24.8 Å². The summed E-state index contributed by atoms with van der Waals surface area (Å²) < 4.78 is 5.37. The molecule has 1 aliphatic heterocycles. The molecule has 0 saturated heterocycles. The number of carbonyl (C=O) groups is 3. The van der Waals surface area contributed by atoms with E-state index in [1.807, 2.05) is 6.07 Å². The maximum atomic E-state index is 12.4. The molecule has 3 aromatic rings. The van der Waals surface area contributed by atoms with Crippen LogP contribution >= 0.6 is 0 Å². The molecule has 0 saturated carbocycles. The van der Waals surface area contributed by atoms with E-state index in [0.29, 0.717) is 23.9 Å². The molecule has 0 fully saturated rings. The predicted octanol–water partition coefficient (Wildman–Crippen LogP) is 2.68. The summed E-state index contributed by atoms with van der Waals surface area (Å²) in [7, 11) is 0. The minimum Gasteiger partial charge on any atom is -0.480 e. The zero-order valence-corrected chi connectivity index (χ0v) is 19.4. The number of unbranched alkanes of at least 4 members (excludes halogenated alkanes) is 1. The van der Waals surface area contributed by atoms with Crippen molar-refractivity contribution < 1.29 is 23.9 Å². The summed E-state index contributed by atoms with van der Waals surface area (Å²) in [5, 5.41) is 17.9. The van der Waals surface area contributed by atoms with Crippen molar-refractivity contribution in [3.05, 3.63) is 53.5 Å². The normalized spacial score (nSPS) is 13.5. The maximum absolute atomic E-state index is 12.4. The highest BCUT2D eigenvalue weighted by Gasteiger charge is 2.23. The number of para-hydroxylation sites is 2. The van der Waals surface area contributed by atoms with Crippen LogP contribution in [-0.2, 0) is 22.4 Å². The van der Waals surface area contributed by atoms with Crippen molar-refractivity contribution in [2.45, 2.75) is 51.0 Å². The van der Waals surface area contributed by atoms with Gasteiger partial charge in [0.2, 0.25) is 5.91 Å². The second-order valence-electron chi connectivity index (χ2n) is 8.54. The Morgan fingerprint density at radius 2 is 1.97 bits per heavy atom. The van der Waals surface area contributed by atoms with Gasteiger partial charge in [0.15, 0.2) is 5.58 Å². The standard InChI is InChI=1S/C25H29N5O5/c31-21(10-4-1-7-17-12-11-16-6-5-14-27-22(16)28-17)26-15-13-19(25(33)34)29-23(32)24-30-18-8-2-3-9-20(18)35-24/h2-3,8-9,11-12,19H,1,4-7,10,13-15H2,(H,26,31)(H,27,28)(H,29,32)(H,33,34)/t19-/m0/s1. The van der Waals surface area contributed by atoms with Crippen LogP contribution in [0.3, 0.4) is 0 Å². The third-order valence-corrected chi connectivity index (χ3v) is 5.89. The first-order valence-corrected chi connectivity index (χ1v) is 11.9. The van der Waals surface area contributed by atoms with E-state index in [0.717, 1.165) is 43.7 Å². The number of anilines is 1. The van der Waals surface area contributed by atoms with Crippen molar-refractivity contribution in [2.75, 3.05) is 18.4 Å². The molecule has 4 rings (SSSR count). The van der Waals surface area contributed by atoms with Gasteiger partial charge < -0.3 is 25.5 Å².